The lowest BCUT2D eigenvalue weighted by atomic mass is 10.0. The number of nitro benzene ring substituents is 1. The summed E-state index contributed by atoms with van der Waals surface area (Å²) in [6, 6.07) is 12.9. The first kappa shape index (κ1) is 18.5. The number of carbonyl (C=O) groups excluding carboxylic acids is 1. The van der Waals surface area contributed by atoms with Gasteiger partial charge in [-0.05, 0) is 29.7 Å². The van der Waals surface area contributed by atoms with Gasteiger partial charge in [0.1, 0.15) is 11.8 Å². The van der Waals surface area contributed by atoms with Crippen molar-refractivity contribution in [2.45, 2.75) is 18.5 Å². The van der Waals surface area contributed by atoms with E-state index in [9.17, 15) is 14.9 Å². The van der Waals surface area contributed by atoms with Gasteiger partial charge in [0.2, 0.25) is 0 Å². The average Bonchev–Trinajstić information content (AvgIpc) is 3.18. The van der Waals surface area contributed by atoms with Crippen LogP contribution >= 0.6 is 0 Å². The number of hydrogen-bond donors (Lipinski definition) is 3. The van der Waals surface area contributed by atoms with E-state index in [2.05, 4.69) is 21.4 Å². The summed E-state index contributed by atoms with van der Waals surface area (Å²) in [6.07, 6.45) is 1.97. The van der Waals surface area contributed by atoms with Crippen molar-refractivity contribution >= 4 is 17.8 Å². The summed E-state index contributed by atoms with van der Waals surface area (Å²) >= 11 is 0. The normalized spacial score (nSPS) is 19.1. The lowest BCUT2D eigenvalue weighted by molar-refractivity contribution is -0.384. The van der Waals surface area contributed by atoms with Gasteiger partial charge in [-0.15, -0.1) is 0 Å². The van der Waals surface area contributed by atoms with Gasteiger partial charge in [0, 0.05) is 18.2 Å². The molecule has 0 aromatic heterocycles. The van der Waals surface area contributed by atoms with Gasteiger partial charge in [0.15, 0.2) is 0 Å². The van der Waals surface area contributed by atoms with Crippen molar-refractivity contribution in [1.82, 2.24) is 16.3 Å². The van der Waals surface area contributed by atoms with Crippen LogP contribution in [0.4, 0.5) is 5.69 Å². The highest BCUT2D eigenvalue weighted by Gasteiger charge is 2.30. The lowest BCUT2D eigenvalue weighted by Gasteiger charge is -2.09. The van der Waals surface area contributed by atoms with Crippen molar-refractivity contribution in [2.75, 3.05) is 7.11 Å². The molecule has 27 heavy (non-hydrogen) atoms. The predicted molar refractivity (Wildman–Crippen MR) is 99.2 cm³/mol. The van der Waals surface area contributed by atoms with Crippen molar-refractivity contribution < 1.29 is 14.5 Å². The Morgan fingerprint density at radius 2 is 2.11 bits per heavy atom. The fourth-order valence-corrected chi connectivity index (χ4v) is 2.77. The van der Waals surface area contributed by atoms with E-state index in [0.717, 1.165) is 11.1 Å². The Kier molecular flexibility index (Phi) is 5.74. The minimum absolute atomic E-state index is 0.0186. The number of hydrazine groups is 1. The molecule has 1 aliphatic rings. The molecule has 1 heterocycles. The molecular formula is C18H19N5O4. The molecule has 0 radical (unpaired) electrons. The number of nitrogens with zero attached hydrogens (tertiary/aromatic N) is 2. The molecule has 2 unspecified atom stereocenters. The molecule has 9 nitrogen and oxygen atoms in total. The molecule has 0 saturated carbocycles. The van der Waals surface area contributed by atoms with Gasteiger partial charge >= 0.3 is 0 Å². The van der Waals surface area contributed by atoms with Crippen LogP contribution in [0.15, 0.2) is 53.6 Å². The summed E-state index contributed by atoms with van der Waals surface area (Å²) in [5.74, 6) is 0.404. The third-order valence-corrected chi connectivity index (χ3v) is 4.19. The van der Waals surface area contributed by atoms with E-state index in [1.165, 1.54) is 18.3 Å². The smallest absolute Gasteiger partial charge is 0.269 e. The summed E-state index contributed by atoms with van der Waals surface area (Å²) in [5, 5.41) is 14.9. The maximum Gasteiger partial charge on any atom is 0.269 e. The molecule has 1 fully saturated rings. The quantitative estimate of drug-likeness (QED) is 0.405. The van der Waals surface area contributed by atoms with E-state index in [4.69, 9.17) is 4.74 Å². The van der Waals surface area contributed by atoms with Crippen LogP contribution in [0.1, 0.15) is 23.6 Å². The van der Waals surface area contributed by atoms with Crippen molar-refractivity contribution in [3.05, 3.63) is 69.8 Å². The van der Waals surface area contributed by atoms with Crippen LogP contribution in [0.5, 0.6) is 5.75 Å². The fraction of sp³-hybridized carbons (Fsp3) is 0.222. The second-order valence-corrected chi connectivity index (χ2v) is 5.99. The fourth-order valence-electron chi connectivity index (χ4n) is 2.77. The molecule has 0 aliphatic carbocycles. The maximum atomic E-state index is 12.3. The van der Waals surface area contributed by atoms with Crippen LogP contribution in [0, 0.1) is 10.1 Å². The van der Waals surface area contributed by atoms with E-state index >= 15 is 0 Å². The first-order valence-electron chi connectivity index (χ1n) is 8.29. The molecule has 1 saturated heterocycles. The third-order valence-electron chi connectivity index (χ3n) is 4.19. The van der Waals surface area contributed by atoms with Crippen molar-refractivity contribution in [3.63, 3.8) is 0 Å². The molecule has 3 rings (SSSR count). The number of hydrogen-bond acceptors (Lipinski definition) is 7. The van der Waals surface area contributed by atoms with E-state index in [1.54, 1.807) is 25.3 Å². The van der Waals surface area contributed by atoms with E-state index in [0.29, 0.717) is 12.2 Å². The van der Waals surface area contributed by atoms with Crippen molar-refractivity contribution in [3.8, 4) is 5.75 Å². The largest absolute Gasteiger partial charge is 0.497 e. The number of methoxy groups -OCH3 is 1. The number of hydrazone groups is 1. The molecule has 2 aromatic rings. The minimum atomic E-state index is -0.503. The molecule has 140 valence electrons. The van der Waals surface area contributed by atoms with E-state index in [-0.39, 0.29) is 17.6 Å². The topological polar surface area (TPSA) is 118 Å². The number of amides is 1. The SMILES string of the molecule is COc1cccc(/C=N/NC(=O)C2CC(c3cccc([N+](=O)[O-])c3)NN2)c1. The zero-order valence-electron chi connectivity index (χ0n) is 14.6. The number of benzene rings is 2. The van der Waals surface area contributed by atoms with Crippen LogP contribution in [0.25, 0.3) is 0 Å². The number of rotatable bonds is 6. The maximum absolute atomic E-state index is 12.3. The number of carbonyl (C=O) groups is 1. The van der Waals surface area contributed by atoms with E-state index in [1.807, 2.05) is 18.2 Å². The highest BCUT2D eigenvalue weighted by molar-refractivity contribution is 5.85. The molecule has 2 atom stereocenters. The van der Waals surface area contributed by atoms with Crippen LogP contribution in [-0.2, 0) is 4.79 Å². The van der Waals surface area contributed by atoms with Gasteiger partial charge in [-0.2, -0.15) is 5.10 Å². The number of ether oxygens (including phenoxy) is 1. The summed E-state index contributed by atoms with van der Waals surface area (Å²) < 4.78 is 5.13. The van der Waals surface area contributed by atoms with Gasteiger partial charge < -0.3 is 4.74 Å². The van der Waals surface area contributed by atoms with Gasteiger partial charge in [-0.1, -0.05) is 24.3 Å². The number of non-ortho nitro benzene ring substituents is 1. The van der Waals surface area contributed by atoms with Gasteiger partial charge in [-0.3, -0.25) is 14.9 Å². The Morgan fingerprint density at radius 3 is 2.89 bits per heavy atom. The van der Waals surface area contributed by atoms with Crippen molar-refractivity contribution in [1.29, 1.82) is 0 Å². The predicted octanol–water partition coefficient (Wildman–Crippen LogP) is 1.66. The summed E-state index contributed by atoms with van der Waals surface area (Å²) in [6.45, 7) is 0. The van der Waals surface area contributed by atoms with Gasteiger partial charge in [-0.25, -0.2) is 16.3 Å². The third kappa shape index (κ3) is 4.66. The highest BCUT2D eigenvalue weighted by Crippen LogP contribution is 2.25. The molecule has 0 bridgehead atoms. The van der Waals surface area contributed by atoms with Crippen LogP contribution in [0.3, 0.4) is 0 Å². The second kappa shape index (κ2) is 8.39. The molecular weight excluding hydrogens is 350 g/mol. The molecule has 1 amide bonds. The van der Waals surface area contributed by atoms with Crippen LogP contribution in [-0.4, -0.2) is 30.2 Å². The average molecular weight is 369 g/mol. The molecule has 0 spiro atoms. The van der Waals surface area contributed by atoms with Crippen molar-refractivity contribution in [2.24, 2.45) is 5.10 Å². The first-order valence-corrected chi connectivity index (χ1v) is 8.29. The zero-order chi connectivity index (χ0) is 19.2. The molecule has 2 aromatic carbocycles. The monoisotopic (exact) mass is 369 g/mol. The molecule has 9 heteroatoms. The lowest BCUT2D eigenvalue weighted by Crippen LogP contribution is -2.41. The Labute approximate surface area is 155 Å². The Balaban J connectivity index is 1.56. The highest BCUT2D eigenvalue weighted by atomic mass is 16.6. The Hall–Kier alpha value is -3.30. The summed E-state index contributed by atoms with van der Waals surface area (Å²) in [5.41, 5.74) is 9.93. The summed E-state index contributed by atoms with van der Waals surface area (Å²) in [7, 11) is 1.58. The van der Waals surface area contributed by atoms with E-state index < -0.39 is 11.0 Å². The Morgan fingerprint density at radius 1 is 1.30 bits per heavy atom. The Bertz CT molecular complexity index is 870. The minimum Gasteiger partial charge on any atom is -0.497 e. The molecule has 1 aliphatic heterocycles. The van der Waals surface area contributed by atoms with Gasteiger partial charge in [0.05, 0.1) is 18.2 Å². The second-order valence-electron chi connectivity index (χ2n) is 5.99. The van der Waals surface area contributed by atoms with Crippen LogP contribution < -0.4 is 21.0 Å². The zero-order valence-corrected chi connectivity index (χ0v) is 14.6. The molecule has 3 N–H and O–H groups in total. The first-order chi connectivity index (χ1) is 13.1. The van der Waals surface area contributed by atoms with Crippen LogP contribution in [0.2, 0.25) is 0 Å². The summed E-state index contributed by atoms with van der Waals surface area (Å²) in [4.78, 5) is 22.7. The van der Waals surface area contributed by atoms with Gasteiger partial charge in [0.25, 0.3) is 11.6 Å². The number of nitro groups is 1. The standard InChI is InChI=1S/C18H19N5O4/c1-27-15-7-2-4-12(8-15)11-19-22-18(24)17-10-16(20-21-17)13-5-3-6-14(9-13)23(25)26/h2-9,11,16-17,20-21H,10H2,1H3,(H,22,24)/b19-11+. The number of nitrogens with one attached hydrogen (secondary N) is 3.